The second-order valence-corrected chi connectivity index (χ2v) is 2.42. The standard InChI is InChI=1S/C9H7N2O2/c1-2-8-7(6-10)4-3-5-9(8)11(12)13/h3-5H,1-2H2. The first-order chi connectivity index (χ1) is 6.20. The molecule has 4 heteroatoms. The van der Waals surface area contributed by atoms with Crippen molar-refractivity contribution < 1.29 is 4.92 Å². The quantitative estimate of drug-likeness (QED) is 0.508. The van der Waals surface area contributed by atoms with Crippen molar-refractivity contribution >= 4 is 5.69 Å². The Balaban J connectivity index is 3.38. The zero-order valence-electron chi connectivity index (χ0n) is 6.86. The monoisotopic (exact) mass is 175 g/mol. The summed E-state index contributed by atoms with van der Waals surface area (Å²) in [5, 5.41) is 19.2. The Hall–Kier alpha value is -1.89. The van der Waals surface area contributed by atoms with E-state index in [4.69, 9.17) is 5.26 Å². The van der Waals surface area contributed by atoms with E-state index in [0.29, 0.717) is 11.1 Å². The fourth-order valence-corrected chi connectivity index (χ4v) is 1.11. The van der Waals surface area contributed by atoms with Gasteiger partial charge in [-0.15, -0.1) is 0 Å². The molecule has 0 amide bonds. The van der Waals surface area contributed by atoms with Gasteiger partial charge < -0.3 is 0 Å². The molecule has 0 saturated heterocycles. The van der Waals surface area contributed by atoms with E-state index < -0.39 is 4.92 Å². The molecule has 0 N–H and O–H groups in total. The van der Waals surface area contributed by atoms with Gasteiger partial charge in [0.2, 0.25) is 0 Å². The SMILES string of the molecule is [CH2]Cc1c(C#N)cccc1[N+](=O)[O-]. The number of hydrogen-bond donors (Lipinski definition) is 0. The molecule has 0 saturated carbocycles. The maximum Gasteiger partial charge on any atom is 0.273 e. The highest BCUT2D eigenvalue weighted by atomic mass is 16.6. The van der Waals surface area contributed by atoms with Crippen LogP contribution >= 0.6 is 0 Å². The van der Waals surface area contributed by atoms with Gasteiger partial charge in [0.05, 0.1) is 16.6 Å². The van der Waals surface area contributed by atoms with E-state index in [-0.39, 0.29) is 12.1 Å². The summed E-state index contributed by atoms with van der Waals surface area (Å²) in [5.41, 5.74) is 0.688. The number of nitro groups is 1. The first-order valence-electron chi connectivity index (χ1n) is 3.66. The van der Waals surface area contributed by atoms with E-state index in [1.54, 1.807) is 6.07 Å². The van der Waals surface area contributed by atoms with E-state index in [2.05, 4.69) is 6.92 Å². The molecule has 0 aliphatic heterocycles. The maximum atomic E-state index is 10.5. The Kier molecular flexibility index (Phi) is 2.60. The molecule has 0 aromatic heterocycles. The minimum absolute atomic E-state index is 0.0333. The molecule has 0 unspecified atom stereocenters. The Bertz CT molecular complexity index is 380. The Morgan fingerprint density at radius 2 is 2.31 bits per heavy atom. The van der Waals surface area contributed by atoms with Crippen molar-refractivity contribution in [3.8, 4) is 6.07 Å². The predicted octanol–water partition coefficient (Wildman–Crippen LogP) is 1.84. The first kappa shape index (κ1) is 9.20. The largest absolute Gasteiger partial charge is 0.273 e. The van der Waals surface area contributed by atoms with Crippen molar-refractivity contribution in [2.45, 2.75) is 6.42 Å². The highest BCUT2D eigenvalue weighted by Gasteiger charge is 2.14. The van der Waals surface area contributed by atoms with Gasteiger partial charge in [-0.1, -0.05) is 6.07 Å². The summed E-state index contributed by atoms with van der Waals surface area (Å²) in [5.74, 6) is 0. The number of benzene rings is 1. The summed E-state index contributed by atoms with van der Waals surface area (Å²) in [6, 6.07) is 6.32. The molecule has 65 valence electrons. The second-order valence-electron chi connectivity index (χ2n) is 2.42. The number of nitro benzene ring substituents is 1. The fraction of sp³-hybridized carbons (Fsp3) is 0.111. The fourth-order valence-electron chi connectivity index (χ4n) is 1.11. The van der Waals surface area contributed by atoms with Crippen LogP contribution in [0.3, 0.4) is 0 Å². The first-order valence-corrected chi connectivity index (χ1v) is 3.66. The molecule has 1 rings (SSSR count). The molecule has 1 radical (unpaired) electrons. The molecule has 0 aliphatic rings. The van der Waals surface area contributed by atoms with Gasteiger partial charge in [0.25, 0.3) is 5.69 Å². The minimum Gasteiger partial charge on any atom is -0.258 e. The van der Waals surface area contributed by atoms with Crippen LogP contribution in [0, 0.1) is 28.4 Å². The van der Waals surface area contributed by atoms with E-state index >= 15 is 0 Å². The highest BCUT2D eigenvalue weighted by molar-refractivity contribution is 5.50. The highest BCUT2D eigenvalue weighted by Crippen LogP contribution is 2.21. The van der Waals surface area contributed by atoms with Gasteiger partial charge in [-0.3, -0.25) is 10.1 Å². The van der Waals surface area contributed by atoms with E-state index in [0.717, 1.165) is 0 Å². The lowest BCUT2D eigenvalue weighted by atomic mass is 10.0. The van der Waals surface area contributed by atoms with Crippen LogP contribution in [0.2, 0.25) is 0 Å². The van der Waals surface area contributed by atoms with Crippen LogP contribution in [0.25, 0.3) is 0 Å². The lowest BCUT2D eigenvalue weighted by Crippen LogP contribution is -1.96. The Morgan fingerprint density at radius 3 is 2.77 bits per heavy atom. The van der Waals surface area contributed by atoms with Gasteiger partial charge in [-0.2, -0.15) is 5.26 Å². The van der Waals surface area contributed by atoms with Crippen LogP contribution in [0.4, 0.5) is 5.69 Å². The van der Waals surface area contributed by atoms with Crippen molar-refractivity contribution in [2.24, 2.45) is 0 Å². The van der Waals surface area contributed by atoms with Crippen LogP contribution in [0.5, 0.6) is 0 Å². The van der Waals surface area contributed by atoms with Gasteiger partial charge in [-0.25, -0.2) is 0 Å². The van der Waals surface area contributed by atoms with E-state index in [1.165, 1.54) is 12.1 Å². The third-order valence-electron chi connectivity index (χ3n) is 1.72. The van der Waals surface area contributed by atoms with Gasteiger partial charge in [0, 0.05) is 11.6 Å². The van der Waals surface area contributed by atoms with Crippen molar-refractivity contribution in [3.63, 3.8) is 0 Å². The average molecular weight is 175 g/mol. The molecule has 0 heterocycles. The topological polar surface area (TPSA) is 66.9 Å². The minimum atomic E-state index is -0.499. The third-order valence-corrected chi connectivity index (χ3v) is 1.72. The molecule has 1 aromatic carbocycles. The van der Waals surface area contributed by atoms with Crippen LogP contribution in [0.1, 0.15) is 11.1 Å². The van der Waals surface area contributed by atoms with Gasteiger partial charge in [0.15, 0.2) is 0 Å². The second kappa shape index (κ2) is 3.68. The molecule has 13 heavy (non-hydrogen) atoms. The Labute approximate surface area is 75.6 Å². The summed E-state index contributed by atoms with van der Waals surface area (Å²) in [6.45, 7) is 3.55. The van der Waals surface area contributed by atoms with Crippen LogP contribution in [0.15, 0.2) is 18.2 Å². The number of hydrogen-bond acceptors (Lipinski definition) is 3. The molecule has 0 fully saturated rings. The van der Waals surface area contributed by atoms with Crippen LogP contribution in [-0.4, -0.2) is 4.92 Å². The molecule has 1 aromatic rings. The lowest BCUT2D eigenvalue weighted by molar-refractivity contribution is -0.385. The van der Waals surface area contributed by atoms with Crippen LogP contribution in [-0.2, 0) is 6.42 Å². The molecular weight excluding hydrogens is 168 g/mol. The van der Waals surface area contributed by atoms with Crippen molar-refractivity contribution in [2.75, 3.05) is 0 Å². The lowest BCUT2D eigenvalue weighted by Gasteiger charge is -2.00. The smallest absolute Gasteiger partial charge is 0.258 e. The summed E-state index contributed by atoms with van der Waals surface area (Å²) in [6.07, 6.45) is 0.250. The van der Waals surface area contributed by atoms with Crippen LogP contribution < -0.4 is 0 Å². The zero-order valence-corrected chi connectivity index (χ0v) is 6.86. The molecule has 0 atom stereocenters. The van der Waals surface area contributed by atoms with Crippen molar-refractivity contribution in [1.82, 2.24) is 0 Å². The van der Waals surface area contributed by atoms with Gasteiger partial charge in [-0.05, 0) is 19.4 Å². The molecule has 4 nitrogen and oxygen atoms in total. The summed E-state index contributed by atoms with van der Waals surface area (Å²) < 4.78 is 0. The summed E-state index contributed by atoms with van der Waals surface area (Å²) in [4.78, 5) is 10.0. The third kappa shape index (κ3) is 1.64. The molecule has 0 aliphatic carbocycles. The maximum absolute atomic E-state index is 10.5. The molecular formula is C9H7N2O2. The Morgan fingerprint density at radius 1 is 1.62 bits per heavy atom. The summed E-state index contributed by atoms with van der Waals surface area (Å²) in [7, 11) is 0. The van der Waals surface area contributed by atoms with Crippen molar-refractivity contribution in [1.29, 1.82) is 5.26 Å². The average Bonchev–Trinajstić information content (AvgIpc) is 2.16. The van der Waals surface area contributed by atoms with Gasteiger partial charge >= 0.3 is 0 Å². The number of nitrogens with zero attached hydrogens (tertiary/aromatic N) is 2. The molecule has 0 spiro atoms. The molecule has 0 bridgehead atoms. The van der Waals surface area contributed by atoms with Gasteiger partial charge in [0.1, 0.15) is 0 Å². The summed E-state index contributed by atoms with van der Waals surface area (Å²) >= 11 is 0. The zero-order chi connectivity index (χ0) is 9.84. The van der Waals surface area contributed by atoms with Crippen molar-refractivity contribution in [3.05, 3.63) is 46.4 Å². The normalized spacial score (nSPS) is 9.23. The van der Waals surface area contributed by atoms with E-state index in [1.807, 2.05) is 6.07 Å². The number of nitriles is 1. The van der Waals surface area contributed by atoms with E-state index in [9.17, 15) is 10.1 Å². The number of rotatable bonds is 2. The predicted molar refractivity (Wildman–Crippen MR) is 46.9 cm³/mol.